The number of ether oxygens (including phenoxy) is 1. The average molecular weight is 238 g/mol. The number of hydrogen-bond acceptors (Lipinski definition) is 3. The number of unbranched alkanes of at least 4 members (excludes halogenated alkanes) is 1. The van der Waals surface area contributed by atoms with Gasteiger partial charge in [-0.2, -0.15) is 0 Å². The Balaban J connectivity index is 0.00000121. The fraction of sp³-hybridized carbons (Fsp3) is 0.462. The molecule has 4 heteroatoms. The van der Waals surface area contributed by atoms with E-state index in [-0.39, 0.29) is 0 Å². The van der Waals surface area contributed by atoms with E-state index in [1.165, 1.54) is 6.34 Å². The van der Waals surface area contributed by atoms with Crippen LogP contribution >= 0.6 is 0 Å². The lowest BCUT2D eigenvalue weighted by atomic mass is 10.3. The molecule has 0 aliphatic rings. The van der Waals surface area contributed by atoms with Crippen LogP contribution in [0.2, 0.25) is 0 Å². The van der Waals surface area contributed by atoms with Crippen LogP contribution in [-0.2, 0) is 0 Å². The summed E-state index contributed by atoms with van der Waals surface area (Å²) in [6.45, 7) is 6.88. The molecule has 1 aromatic rings. The minimum atomic E-state index is 0.747. The van der Waals surface area contributed by atoms with Gasteiger partial charge in [0, 0.05) is 0 Å². The molecule has 1 aromatic carbocycles. The van der Waals surface area contributed by atoms with Gasteiger partial charge in [0.1, 0.15) is 12.1 Å². The molecule has 96 valence electrons. The maximum absolute atomic E-state index is 8.30. The molecule has 17 heavy (non-hydrogen) atoms. The Hall–Kier alpha value is -1.55. The Morgan fingerprint density at radius 1 is 1.29 bits per heavy atom. The Morgan fingerprint density at radius 3 is 2.47 bits per heavy atom. The van der Waals surface area contributed by atoms with E-state index in [1.807, 2.05) is 43.6 Å². The van der Waals surface area contributed by atoms with Gasteiger partial charge in [-0.25, -0.2) is 4.99 Å². The first-order valence-electron chi connectivity index (χ1n) is 6.02. The molecule has 4 nitrogen and oxygen atoms in total. The standard InChI is InChI=1S/C11H16N2O2.C2H6/c1-2-3-8-15-11-6-4-10(5-7-11)12-9-13-14;1-2/h4-7,9,14H,2-3,8H2,1H3,(H,12,13);1-2H3. The van der Waals surface area contributed by atoms with E-state index in [0.717, 1.165) is 30.9 Å². The fourth-order valence-corrected chi connectivity index (χ4v) is 1.07. The van der Waals surface area contributed by atoms with E-state index in [9.17, 15) is 0 Å². The van der Waals surface area contributed by atoms with E-state index < -0.39 is 0 Å². The van der Waals surface area contributed by atoms with Gasteiger partial charge in [-0.05, 0) is 30.7 Å². The second-order valence-electron chi connectivity index (χ2n) is 3.08. The third-order valence-corrected chi connectivity index (χ3v) is 1.87. The summed E-state index contributed by atoms with van der Waals surface area (Å²) in [6, 6.07) is 7.38. The van der Waals surface area contributed by atoms with Gasteiger partial charge in [0.05, 0.1) is 12.3 Å². The van der Waals surface area contributed by atoms with E-state index in [2.05, 4.69) is 11.9 Å². The summed E-state index contributed by atoms with van der Waals surface area (Å²) < 4.78 is 5.49. The van der Waals surface area contributed by atoms with Crippen LogP contribution in [0.4, 0.5) is 5.69 Å². The molecule has 0 saturated heterocycles. The van der Waals surface area contributed by atoms with E-state index in [4.69, 9.17) is 9.94 Å². The van der Waals surface area contributed by atoms with Crippen LogP contribution in [0.15, 0.2) is 29.3 Å². The molecular weight excluding hydrogens is 216 g/mol. The molecule has 0 amide bonds. The first kappa shape index (κ1) is 15.4. The first-order chi connectivity index (χ1) is 8.36. The zero-order chi connectivity index (χ0) is 12.9. The summed E-state index contributed by atoms with van der Waals surface area (Å²) in [5, 5.41) is 8.30. The van der Waals surface area contributed by atoms with Crippen molar-refractivity contribution in [2.75, 3.05) is 6.61 Å². The van der Waals surface area contributed by atoms with Crippen molar-refractivity contribution in [1.29, 1.82) is 0 Å². The van der Waals surface area contributed by atoms with Gasteiger partial charge in [-0.3, -0.25) is 10.7 Å². The smallest absolute Gasteiger partial charge is 0.119 e. The topological polar surface area (TPSA) is 53.8 Å². The molecular formula is C13H22N2O2. The molecule has 2 N–H and O–H groups in total. The lowest BCUT2D eigenvalue weighted by molar-refractivity contribution is 0.240. The molecule has 0 aromatic heterocycles. The molecule has 0 fully saturated rings. The molecule has 0 aliphatic carbocycles. The summed E-state index contributed by atoms with van der Waals surface area (Å²) in [6.07, 6.45) is 3.41. The van der Waals surface area contributed by atoms with Gasteiger partial charge in [-0.15, -0.1) is 0 Å². The highest BCUT2D eigenvalue weighted by atomic mass is 16.5. The van der Waals surface area contributed by atoms with Gasteiger partial charge in [-0.1, -0.05) is 27.2 Å². The van der Waals surface area contributed by atoms with Crippen LogP contribution < -0.4 is 10.2 Å². The quantitative estimate of drug-likeness (QED) is 0.345. The molecule has 0 unspecified atom stereocenters. The highest BCUT2D eigenvalue weighted by molar-refractivity contribution is 5.59. The highest BCUT2D eigenvalue weighted by Gasteiger charge is 1.93. The molecule has 0 bridgehead atoms. The van der Waals surface area contributed by atoms with Crippen molar-refractivity contribution in [3.63, 3.8) is 0 Å². The van der Waals surface area contributed by atoms with Gasteiger partial charge in [0.2, 0.25) is 0 Å². The third-order valence-electron chi connectivity index (χ3n) is 1.87. The van der Waals surface area contributed by atoms with E-state index in [1.54, 1.807) is 0 Å². The Morgan fingerprint density at radius 2 is 1.94 bits per heavy atom. The van der Waals surface area contributed by atoms with Crippen LogP contribution in [0.1, 0.15) is 33.6 Å². The number of hydroxylamine groups is 1. The van der Waals surface area contributed by atoms with Crippen molar-refractivity contribution >= 4 is 12.0 Å². The van der Waals surface area contributed by atoms with Crippen LogP contribution in [0.5, 0.6) is 5.75 Å². The number of rotatable bonds is 6. The molecule has 0 heterocycles. The maximum Gasteiger partial charge on any atom is 0.119 e. The predicted octanol–water partition coefficient (Wildman–Crippen LogP) is 3.53. The first-order valence-corrected chi connectivity index (χ1v) is 6.02. The number of hydrogen-bond donors (Lipinski definition) is 2. The largest absolute Gasteiger partial charge is 0.494 e. The van der Waals surface area contributed by atoms with Crippen molar-refractivity contribution in [2.45, 2.75) is 33.6 Å². The number of benzene rings is 1. The summed E-state index contributed by atoms with van der Waals surface area (Å²) in [5.41, 5.74) is 2.61. The fourth-order valence-electron chi connectivity index (χ4n) is 1.07. The number of nitrogens with zero attached hydrogens (tertiary/aromatic N) is 1. The second-order valence-corrected chi connectivity index (χ2v) is 3.08. The summed E-state index contributed by atoms with van der Waals surface area (Å²) >= 11 is 0. The Bertz CT molecular complexity index is 297. The predicted molar refractivity (Wildman–Crippen MR) is 71.3 cm³/mol. The zero-order valence-corrected chi connectivity index (χ0v) is 10.8. The van der Waals surface area contributed by atoms with Gasteiger partial charge in [0.15, 0.2) is 0 Å². The minimum absolute atomic E-state index is 0.747. The van der Waals surface area contributed by atoms with Gasteiger partial charge in [0.25, 0.3) is 0 Å². The highest BCUT2D eigenvalue weighted by Crippen LogP contribution is 2.17. The molecule has 1 rings (SSSR count). The zero-order valence-electron chi connectivity index (χ0n) is 10.8. The lowest BCUT2D eigenvalue weighted by Crippen LogP contribution is -2.00. The summed E-state index contributed by atoms with van der Waals surface area (Å²) in [7, 11) is 0. The number of nitrogens with one attached hydrogen (secondary N) is 1. The molecule has 0 atom stereocenters. The summed E-state index contributed by atoms with van der Waals surface area (Å²) in [5.74, 6) is 0.847. The maximum atomic E-state index is 8.30. The number of aliphatic imine (C=N–C) groups is 1. The van der Waals surface area contributed by atoms with Crippen LogP contribution in [0, 0.1) is 0 Å². The third kappa shape index (κ3) is 7.36. The van der Waals surface area contributed by atoms with E-state index in [0.29, 0.717) is 0 Å². The Labute approximate surface area is 103 Å². The van der Waals surface area contributed by atoms with Gasteiger partial charge >= 0.3 is 0 Å². The van der Waals surface area contributed by atoms with Crippen molar-refractivity contribution in [2.24, 2.45) is 4.99 Å². The monoisotopic (exact) mass is 238 g/mol. The minimum Gasteiger partial charge on any atom is -0.494 e. The molecule has 0 spiro atoms. The van der Waals surface area contributed by atoms with Crippen LogP contribution in [-0.4, -0.2) is 18.2 Å². The lowest BCUT2D eigenvalue weighted by Gasteiger charge is -2.04. The molecule has 0 aliphatic heterocycles. The van der Waals surface area contributed by atoms with Crippen molar-refractivity contribution in [3.8, 4) is 5.75 Å². The van der Waals surface area contributed by atoms with Crippen LogP contribution in [0.3, 0.4) is 0 Å². The SMILES string of the molecule is CC.CCCCOc1ccc(N=CNO)cc1. The van der Waals surface area contributed by atoms with Crippen LogP contribution in [0.25, 0.3) is 0 Å². The van der Waals surface area contributed by atoms with E-state index >= 15 is 0 Å². The Kier molecular flexibility index (Phi) is 9.95. The average Bonchev–Trinajstić information content (AvgIpc) is 2.40. The second kappa shape index (κ2) is 11.0. The van der Waals surface area contributed by atoms with Crippen molar-refractivity contribution < 1.29 is 9.94 Å². The molecule has 0 saturated carbocycles. The van der Waals surface area contributed by atoms with Crippen molar-refractivity contribution in [3.05, 3.63) is 24.3 Å². The van der Waals surface area contributed by atoms with Gasteiger partial charge < -0.3 is 4.74 Å². The summed E-state index contributed by atoms with van der Waals surface area (Å²) in [4.78, 5) is 3.92. The van der Waals surface area contributed by atoms with Crippen molar-refractivity contribution in [1.82, 2.24) is 5.48 Å². The molecule has 0 radical (unpaired) electrons. The normalized spacial score (nSPS) is 9.65.